The van der Waals surface area contributed by atoms with E-state index >= 15 is 0 Å². The number of halogens is 1. The van der Waals surface area contributed by atoms with Crippen molar-refractivity contribution in [1.82, 2.24) is 4.90 Å². The fraction of sp³-hybridized carbons (Fsp3) is 0.174. The minimum absolute atomic E-state index is 0.179. The molecule has 0 radical (unpaired) electrons. The first kappa shape index (κ1) is 19.6. The minimum Gasteiger partial charge on any atom is -0.459 e. The molecule has 0 aliphatic carbocycles. The van der Waals surface area contributed by atoms with E-state index in [0.29, 0.717) is 30.5 Å². The van der Waals surface area contributed by atoms with Gasteiger partial charge in [-0.2, -0.15) is 0 Å². The summed E-state index contributed by atoms with van der Waals surface area (Å²) in [6, 6.07) is 13.9. The molecule has 1 atom stereocenters. The fourth-order valence-electron chi connectivity index (χ4n) is 3.42. The van der Waals surface area contributed by atoms with E-state index in [1.165, 1.54) is 59.7 Å². The van der Waals surface area contributed by atoms with E-state index in [1.54, 1.807) is 12.1 Å². The van der Waals surface area contributed by atoms with Crippen molar-refractivity contribution in [3.05, 3.63) is 89.6 Å². The molecule has 1 saturated heterocycles. The molecule has 1 aliphatic rings. The number of esters is 1. The lowest BCUT2D eigenvalue weighted by atomic mass is 10.0. The van der Waals surface area contributed by atoms with Crippen LogP contribution < -0.4 is 4.74 Å². The molecule has 3 aromatic rings. The molecule has 0 saturated carbocycles. The number of carbonyl (C=O) groups excluding carboxylic acids is 3. The highest BCUT2D eigenvalue weighted by molar-refractivity contribution is 6.09. The van der Waals surface area contributed by atoms with Crippen molar-refractivity contribution >= 4 is 17.7 Å². The van der Waals surface area contributed by atoms with Crippen LogP contribution in [0.1, 0.15) is 39.3 Å². The molecule has 30 heavy (non-hydrogen) atoms. The van der Waals surface area contributed by atoms with E-state index in [-0.39, 0.29) is 23.2 Å². The van der Waals surface area contributed by atoms with Gasteiger partial charge in [-0.05, 0) is 73.5 Å². The number of hydrogen-bond acceptors (Lipinski definition) is 5. The van der Waals surface area contributed by atoms with Crippen LogP contribution in [0.5, 0.6) is 5.75 Å². The van der Waals surface area contributed by atoms with Gasteiger partial charge in [0, 0.05) is 17.7 Å². The van der Waals surface area contributed by atoms with Gasteiger partial charge in [-0.3, -0.25) is 9.59 Å². The first-order valence-corrected chi connectivity index (χ1v) is 9.49. The first-order valence-electron chi connectivity index (χ1n) is 9.49. The summed E-state index contributed by atoms with van der Waals surface area (Å²) in [5.74, 6) is -1.12. The largest absolute Gasteiger partial charge is 0.459 e. The fourth-order valence-corrected chi connectivity index (χ4v) is 3.42. The first-order chi connectivity index (χ1) is 14.5. The molecule has 0 bridgehead atoms. The quantitative estimate of drug-likeness (QED) is 0.365. The summed E-state index contributed by atoms with van der Waals surface area (Å²) in [5, 5.41) is 0. The Hall–Kier alpha value is -3.74. The van der Waals surface area contributed by atoms with Gasteiger partial charge < -0.3 is 14.1 Å². The average molecular weight is 407 g/mol. The third-order valence-corrected chi connectivity index (χ3v) is 4.96. The second-order valence-corrected chi connectivity index (χ2v) is 6.92. The third kappa shape index (κ3) is 4.00. The second kappa shape index (κ2) is 8.32. The number of nitrogens with zero attached hydrogens (tertiary/aromatic N) is 1. The van der Waals surface area contributed by atoms with Gasteiger partial charge in [0.1, 0.15) is 17.6 Å². The van der Waals surface area contributed by atoms with Crippen LogP contribution in [-0.2, 0) is 4.79 Å². The summed E-state index contributed by atoms with van der Waals surface area (Å²) < 4.78 is 23.6. The number of benzene rings is 2. The molecule has 1 aromatic heterocycles. The zero-order valence-electron chi connectivity index (χ0n) is 15.9. The van der Waals surface area contributed by atoms with E-state index in [2.05, 4.69) is 0 Å². The van der Waals surface area contributed by atoms with Crippen molar-refractivity contribution in [2.45, 2.75) is 18.9 Å². The third-order valence-electron chi connectivity index (χ3n) is 4.96. The Bertz CT molecular complexity index is 1060. The Kier molecular flexibility index (Phi) is 5.43. The summed E-state index contributed by atoms with van der Waals surface area (Å²) in [6.45, 7) is 0.449. The summed E-state index contributed by atoms with van der Waals surface area (Å²) in [5.41, 5.74) is 0.746. The maximum Gasteiger partial charge on any atom is 0.334 e. The molecule has 7 heteroatoms. The number of furan rings is 1. The predicted molar refractivity (Wildman–Crippen MR) is 105 cm³/mol. The zero-order chi connectivity index (χ0) is 21.1. The average Bonchev–Trinajstić information content (AvgIpc) is 3.46. The predicted octanol–water partition coefficient (Wildman–Crippen LogP) is 3.86. The minimum atomic E-state index is -0.692. The molecule has 6 nitrogen and oxygen atoms in total. The molecular weight excluding hydrogens is 389 g/mol. The van der Waals surface area contributed by atoms with Crippen LogP contribution in [0, 0.1) is 5.82 Å². The Balaban J connectivity index is 1.42. The lowest BCUT2D eigenvalue weighted by Gasteiger charge is -2.22. The molecule has 2 aromatic carbocycles. The van der Waals surface area contributed by atoms with E-state index in [0.717, 1.165) is 0 Å². The van der Waals surface area contributed by atoms with Crippen LogP contribution in [0.25, 0.3) is 0 Å². The second-order valence-electron chi connectivity index (χ2n) is 6.92. The number of rotatable bonds is 5. The van der Waals surface area contributed by atoms with Crippen LogP contribution in [0.2, 0.25) is 0 Å². The number of carbonyl (C=O) groups is 3. The Labute approximate surface area is 171 Å². The van der Waals surface area contributed by atoms with Crippen molar-refractivity contribution in [3.63, 3.8) is 0 Å². The van der Waals surface area contributed by atoms with Crippen molar-refractivity contribution in [3.8, 4) is 5.75 Å². The van der Waals surface area contributed by atoms with Gasteiger partial charge >= 0.3 is 5.97 Å². The number of likely N-dealkylation sites (tertiary alicyclic amines) is 1. The molecule has 1 aliphatic heterocycles. The smallest absolute Gasteiger partial charge is 0.334 e. The number of amides is 1. The number of ketones is 1. The monoisotopic (exact) mass is 407 g/mol. The zero-order valence-corrected chi connectivity index (χ0v) is 15.9. The van der Waals surface area contributed by atoms with Crippen molar-refractivity contribution < 1.29 is 27.9 Å². The lowest BCUT2D eigenvalue weighted by Crippen LogP contribution is -2.42. The normalized spacial score (nSPS) is 15.8. The van der Waals surface area contributed by atoms with Gasteiger partial charge in [-0.15, -0.1) is 0 Å². The van der Waals surface area contributed by atoms with Crippen LogP contribution in [0.15, 0.2) is 71.3 Å². The summed E-state index contributed by atoms with van der Waals surface area (Å²) >= 11 is 0. The highest BCUT2D eigenvalue weighted by Gasteiger charge is 2.36. The van der Waals surface area contributed by atoms with E-state index in [9.17, 15) is 18.8 Å². The highest BCUT2D eigenvalue weighted by Crippen LogP contribution is 2.23. The Morgan fingerprint density at radius 1 is 0.967 bits per heavy atom. The summed E-state index contributed by atoms with van der Waals surface area (Å²) in [7, 11) is 0. The van der Waals surface area contributed by atoms with Gasteiger partial charge in [0.05, 0.1) is 6.26 Å². The van der Waals surface area contributed by atoms with Gasteiger partial charge in [-0.25, -0.2) is 9.18 Å². The maximum atomic E-state index is 13.0. The summed E-state index contributed by atoms with van der Waals surface area (Å²) in [4.78, 5) is 39.0. The maximum absolute atomic E-state index is 13.0. The molecule has 4 rings (SSSR count). The molecule has 1 amide bonds. The van der Waals surface area contributed by atoms with Gasteiger partial charge in [-0.1, -0.05) is 0 Å². The number of ether oxygens (including phenoxy) is 1. The van der Waals surface area contributed by atoms with E-state index < -0.39 is 17.8 Å². The van der Waals surface area contributed by atoms with Crippen LogP contribution >= 0.6 is 0 Å². The van der Waals surface area contributed by atoms with Crippen molar-refractivity contribution in [1.29, 1.82) is 0 Å². The van der Waals surface area contributed by atoms with Gasteiger partial charge in [0.2, 0.25) is 0 Å². The standard InChI is InChI=1S/C23H18FNO5/c24-17-9-5-15(6-10-17)21(26)16-7-11-18(12-8-16)30-23(28)19-3-1-13-25(19)22(27)20-4-2-14-29-20/h2,4-12,14,19H,1,3,13H2. The highest BCUT2D eigenvalue weighted by atomic mass is 19.1. The molecule has 1 unspecified atom stereocenters. The van der Waals surface area contributed by atoms with E-state index in [4.69, 9.17) is 9.15 Å². The molecule has 0 spiro atoms. The molecule has 2 heterocycles. The molecule has 152 valence electrons. The van der Waals surface area contributed by atoms with Gasteiger partial charge in [0.15, 0.2) is 11.5 Å². The number of hydrogen-bond donors (Lipinski definition) is 0. The summed E-state index contributed by atoms with van der Waals surface area (Å²) in [6.07, 6.45) is 2.61. The Morgan fingerprint density at radius 2 is 1.63 bits per heavy atom. The van der Waals surface area contributed by atoms with Crippen LogP contribution in [0.4, 0.5) is 4.39 Å². The van der Waals surface area contributed by atoms with Crippen LogP contribution in [-0.4, -0.2) is 35.1 Å². The Morgan fingerprint density at radius 3 is 2.27 bits per heavy atom. The van der Waals surface area contributed by atoms with E-state index in [1.807, 2.05) is 0 Å². The SMILES string of the molecule is O=C(c1ccc(F)cc1)c1ccc(OC(=O)C2CCCN2C(=O)c2ccco2)cc1. The molecule has 1 fully saturated rings. The van der Waals surface area contributed by atoms with Crippen LogP contribution in [0.3, 0.4) is 0 Å². The van der Waals surface area contributed by atoms with Crippen molar-refractivity contribution in [2.75, 3.05) is 6.54 Å². The lowest BCUT2D eigenvalue weighted by molar-refractivity contribution is -0.138. The molecule has 0 N–H and O–H groups in total. The van der Waals surface area contributed by atoms with Crippen molar-refractivity contribution in [2.24, 2.45) is 0 Å². The van der Waals surface area contributed by atoms with Gasteiger partial charge in [0.25, 0.3) is 5.91 Å². The topological polar surface area (TPSA) is 76.8 Å². The molecular formula is C23H18FNO5.